The number of rotatable bonds is 2. The molecule has 0 N–H and O–H groups in total. The number of carbonyl (C=O) groups excluding carboxylic acids is 1. The minimum absolute atomic E-state index is 0.411. The van der Waals surface area contributed by atoms with Gasteiger partial charge < -0.3 is 0 Å². The van der Waals surface area contributed by atoms with Crippen LogP contribution in [0.4, 0.5) is 27.6 Å². The van der Waals surface area contributed by atoms with Crippen LogP contribution in [0.25, 0.3) is 0 Å². The first-order valence-electron chi connectivity index (χ1n) is 5.77. The summed E-state index contributed by atoms with van der Waals surface area (Å²) in [6.45, 7) is 3.67. The molecule has 0 saturated heterocycles. The first-order chi connectivity index (χ1) is 9.71. The molecule has 1 aromatic rings. The normalized spacial score (nSPS) is 12.4. The zero-order valence-corrected chi connectivity index (χ0v) is 12.8. The van der Waals surface area contributed by atoms with Crippen LogP contribution in [0.15, 0.2) is 0 Å². The van der Waals surface area contributed by atoms with Crippen LogP contribution in [0, 0.1) is 34.5 Å². The topological polar surface area (TPSA) is 54.5 Å². The second-order valence-corrected chi connectivity index (χ2v) is 7.33. The molecule has 22 heavy (non-hydrogen) atoms. The third-order valence-corrected chi connectivity index (χ3v) is 3.56. The third-order valence-electron chi connectivity index (χ3n) is 2.55. The van der Waals surface area contributed by atoms with Gasteiger partial charge >= 0.3 is 0 Å². The molecular formula is C12H12F5NO3S. The highest BCUT2D eigenvalue weighted by Gasteiger charge is 2.40. The Balaban J connectivity index is 3.85. The first kappa shape index (κ1) is 18.3. The van der Waals surface area contributed by atoms with Crippen molar-refractivity contribution < 1.29 is 35.2 Å². The maximum Gasteiger partial charge on any atom is 0.246 e. The van der Waals surface area contributed by atoms with E-state index >= 15 is 0 Å². The molecule has 0 unspecified atom stereocenters. The largest absolute Gasteiger partial charge is 0.273 e. The lowest BCUT2D eigenvalue weighted by atomic mass is 9.95. The van der Waals surface area contributed by atoms with Crippen LogP contribution in [0.1, 0.15) is 20.8 Å². The molecule has 0 aliphatic rings. The Morgan fingerprint density at radius 3 is 1.45 bits per heavy atom. The minimum Gasteiger partial charge on any atom is -0.273 e. The number of hydrogen-bond donors (Lipinski definition) is 0. The van der Waals surface area contributed by atoms with E-state index in [1.54, 1.807) is 0 Å². The molecule has 1 aromatic carbocycles. The van der Waals surface area contributed by atoms with E-state index in [1.165, 1.54) is 20.8 Å². The number of halogens is 5. The Kier molecular flexibility index (Phi) is 4.57. The third kappa shape index (κ3) is 3.06. The first-order valence-corrected chi connectivity index (χ1v) is 7.62. The van der Waals surface area contributed by atoms with Crippen LogP contribution < -0.4 is 4.31 Å². The van der Waals surface area contributed by atoms with Gasteiger partial charge in [-0.1, -0.05) is 20.8 Å². The maximum atomic E-state index is 13.8. The molecule has 0 spiro atoms. The van der Waals surface area contributed by atoms with Gasteiger partial charge in [-0.2, -0.15) is 0 Å². The van der Waals surface area contributed by atoms with Crippen LogP contribution in [0.5, 0.6) is 0 Å². The number of hydrogen-bond acceptors (Lipinski definition) is 3. The summed E-state index contributed by atoms with van der Waals surface area (Å²) in [5.41, 5.74) is -3.28. The molecule has 0 radical (unpaired) electrons. The van der Waals surface area contributed by atoms with Gasteiger partial charge in [0.1, 0.15) is 5.69 Å². The monoisotopic (exact) mass is 345 g/mol. The molecular weight excluding hydrogens is 333 g/mol. The van der Waals surface area contributed by atoms with E-state index in [-0.39, 0.29) is 0 Å². The number of carbonyl (C=O) groups is 1. The van der Waals surface area contributed by atoms with E-state index in [2.05, 4.69) is 0 Å². The van der Waals surface area contributed by atoms with E-state index < -0.39 is 60.4 Å². The molecule has 1 amide bonds. The van der Waals surface area contributed by atoms with Crippen molar-refractivity contribution in [2.75, 3.05) is 10.6 Å². The average molecular weight is 345 g/mol. The van der Waals surface area contributed by atoms with E-state index in [0.29, 0.717) is 6.26 Å². The van der Waals surface area contributed by atoms with Crippen molar-refractivity contribution in [1.29, 1.82) is 0 Å². The van der Waals surface area contributed by atoms with Crippen molar-refractivity contribution in [3.05, 3.63) is 29.1 Å². The van der Waals surface area contributed by atoms with Gasteiger partial charge in [0.15, 0.2) is 23.3 Å². The number of amides is 1. The van der Waals surface area contributed by atoms with E-state index in [4.69, 9.17) is 0 Å². The number of anilines is 1. The Labute approximate surface area is 123 Å². The van der Waals surface area contributed by atoms with Crippen molar-refractivity contribution in [2.24, 2.45) is 5.41 Å². The Morgan fingerprint density at radius 1 is 0.864 bits per heavy atom. The fourth-order valence-electron chi connectivity index (χ4n) is 1.49. The lowest BCUT2D eigenvalue weighted by Gasteiger charge is -2.28. The molecule has 4 nitrogen and oxygen atoms in total. The molecule has 0 aliphatic heterocycles. The van der Waals surface area contributed by atoms with Crippen molar-refractivity contribution in [3.63, 3.8) is 0 Å². The van der Waals surface area contributed by atoms with Crippen LogP contribution >= 0.6 is 0 Å². The molecule has 1 rings (SSSR count). The molecule has 0 saturated carbocycles. The van der Waals surface area contributed by atoms with Crippen LogP contribution in [-0.4, -0.2) is 20.6 Å². The Bertz CT molecular complexity index is 711. The summed E-state index contributed by atoms with van der Waals surface area (Å²) in [6.07, 6.45) is 0.411. The standard InChI is InChI=1S/C12H12F5NO3S/c1-12(2,3)11(19)18(22(4,20)21)10-8(16)6(14)5(13)7(15)9(10)17/h1-4H3. The summed E-state index contributed by atoms with van der Waals surface area (Å²) in [7, 11) is -4.64. The van der Waals surface area contributed by atoms with Crippen LogP contribution in [-0.2, 0) is 14.8 Å². The molecule has 0 fully saturated rings. The van der Waals surface area contributed by atoms with Gasteiger partial charge in [-0.05, 0) is 0 Å². The second-order valence-electron chi connectivity index (χ2n) is 5.50. The van der Waals surface area contributed by atoms with Crippen LogP contribution in [0.3, 0.4) is 0 Å². The summed E-state index contributed by atoms with van der Waals surface area (Å²) < 4.78 is 89.9. The van der Waals surface area contributed by atoms with Gasteiger partial charge in [0, 0.05) is 5.41 Å². The Hall–Kier alpha value is -1.71. The maximum absolute atomic E-state index is 13.8. The van der Waals surface area contributed by atoms with Crippen molar-refractivity contribution in [2.45, 2.75) is 20.8 Å². The molecule has 124 valence electrons. The Morgan fingerprint density at radius 2 is 1.18 bits per heavy atom. The molecule has 0 heterocycles. The highest BCUT2D eigenvalue weighted by Crippen LogP contribution is 2.34. The molecule has 10 heteroatoms. The summed E-state index contributed by atoms with van der Waals surface area (Å²) in [5.74, 6) is -13.3. The predicted octanol–water partition coefficient (Wildman–Crippen LogP) is 2.72. The molecule has 0 aromatic heterocycles. The van der Waals surface area contributed by atoms with Gasteiger partial charge in [-0.3, -0.25) is 4.79 Å². The fourth-order valence-corrected chi connectivity index (χ4v) is 2.56. The lowest BCUT2D eigenvalue weighted by Crippen LogP contribution is -2.44. The molecule has 0 aliphatic carbocycles. The zero-order chi connectivity index (χ0) is 17.6. The minimum atomic E-state index is -4.64. The van der Waals surface area contributed by atoms with Gasteiger partial charge in [0.05, 0.1) is 6.26 Å². The van der Waals surface area contributed by atoms with Crippen LogP contribution in [0.2, 0.25) is 0 Å². The van der Waals surface area contributed by atoms with E-state index in [0.717, 1.165) is 0 Å². The number of nitrogens with zero attached hydrogens (tertiary/aromatic N) is 1. The van der Waals surface area contributed by atoms with Crippen molar-refractivity contribution in [1.82, 2.24) is 0 Å². The van der Waals surface area contributed by atoms with E-state index in [1.807, 2.05) is 0 Å². The summed E-state index contributed by atoms with van der Waals surface area (Å²) >= 11 is 0. The quantitative estimate of drug-likeness (QED) is 0.470. The molecule has 0 bridgehead atoms. The fraction of sp³-hybridized carbons (Fsp3) is 0.417. The van der Waals surface area contributed by atoms with E-state index in [9.17, 15) is 35.2 Å². The number of sulfonamides is 1. The summed E-state index contributed by atoms with van der Waals surface area (Å²) in [6, 6.07) is 0. The van der Waals surface area contributed by atoms with Gasteiger partial charge in [0.25, 0.3) is 0 Å². The molecule has 0 atom stereocenters. The van der Waals surface area contributed by atoms with Crippen molar-refractivity contribution in [3.8, 4) is 0 Å². The second kappa shape index (κ2) is 5.49. The van der Waals surface area contributed by atoms with Gasteiger partial charge in [-0.25, -0.2) is 34.7 Å². The zero-order valence-electron chi connectivity index (χ0n) is 12.0. The summed E-state index contributed by atoms with van der Waals surface area (Å²) in [5, 5.41) is 0. The highest BCUT2D eigenvalue weighted by atomic mass is 32.2. The number of benzene rings is 1. The van der Waals surface area contributed by atoms with Crippen molar-refractivity contribution >= 4 is 21.6 Å². The van der Waals surface area contributed by atoms with Gasteiger partial charge in [0.2, 0.25) is 21.7 Å². The average Bonchev–Trinajstić information content (AvgIpc) is 2.35. The highest BCUT2D eigenvalue weighted by molar-refractivity contribution is 7.92. The SMILES string of the molecule is CC(C)(C)C(=O)N(c1c(F)c(F)c(F)c(F)c1F)S(C)(=O)=O. The van der Waals surface area contributed by atoms with Gasteiger partial charge in [-0.15, -0.1) is 0 Å². The smallest absolute Gasteiger partial charge is 0.246 e. The summed E-state index contributed by atoms with van der Waals surface area (Å²) in [4.78, 5) is 12.1. The predicted molar refractivity (Wildman–Crippen MR) is 68.0 cm³/mol. The lowest BCUT2D eigenvalue weighted by molar-refractivity contribution is -0.124.